The Morgan fingerprint density at radius 3 is 2.79 bits per heavy atom. The maximum atomic E-state index is 12.7. The van der Waals surface area contributed by atoms with Gasteiger partial charge in [-0.1, -0.05) is 0 Å². The summed E-state index contributed by atoms with van der Waals surface area (Å²) in [5.41, 5.74) is -0.591. The van der Waals surface area contributed by atoms with E-state index in [1.165, 1.54) is 12.8 Å². The molecular formula is C20H28N4O4. The number of hydrogen-bond acceptors (Lipinski definition) is 5. The number of ether oxygens (including phenoxy) is 2. The van der Waals surface area contributed by atoms with E-state index in [1.807, 2.05) is 15.7 Å². The zero-order chi connectivity index (χ0) is 19.1. The third kappa shape index (κ3) is 3.33. The highest BCUT2D eigenvalue weighted by molar-refractivity contribution is 5.81. The molecule has 0 unspecified atom stereocenters. The Morgan fingerprint density at radius 1 is 1.25 bits per heavy atom. The van der Waals surface area contributed by atoms with Gasteiger partial charge in [0.25, 0.3) is 5.91 Å². The molecule has 1 N–H and O–H groups in total. The van der Waals surface area contributed by atoms with Crippen LogP contribution < -0.4 is 5.32 Å². The molecule has 1 aliphatic carbocycles. The Hall–Kier alpha value is -1.93. The molecule has 3 fully saturated rings. The summed E-state index contributed by atoms with van der Waals surface area (Å²) in [6.07, 6.45) is 7.74. The van der Waals surface area contributed by atoms with E-state index in [0.717, 1.165) is 18.8 Å². The molecule has 4 aliphatic rings. The predicted molar refractivity (Wildman–Crippen MR) is 99.3 cm³/mol. The van der Waals surface area contributed by atoms with Crippen LogP contribution in [0.25, 0.3) is 0 Å². The molecule has 28 heavy (non-hydrogen) atoms. The summed E-state index contributed by atoms with van der Waals surface area (Å²) in [6.45, 7) is 3.69. The fourth-order valence-corrected chi connectivity index (χ4v) is 4.63. The first-order chi connectivity index (χ1) is 13.6. The number of aromatic nitrogens is 2. The van der Waals surface area contributed by atoms with Gasteiger partial charge in [-0.05, 0) is 25.2 Å². The zero-order valence-corrected chi connectivity index (χ0v) is 16.1. The molecular weight excluding hydrogens is 360 g/mol. The van der Waals surface area contributed by atoms with Gasteiger partial charge in [0.2, 0.25) is 5.91 Å². The van der Waals surface area contributed by atoms with Crippen molar-refractivity contribution in [3.8, 4) is 0 Å². The molecule has 1 spiro atoms. The van der Waals surface area contributed by atoms with Crippen LogP contribution in [-0.2, 0) is 31.2 Å². The van der Waals surface area contributed by atoms with Crippen molar-refractivity contribution in [1.82, 2.24) is 19.8 Å². The van der Waals surface area contributed by atoms with Gasteiger partial charge >= 0.3 is 0 Å². The normalized spacial score (nSPS) is 28.9. The number of imidazole rings is 1. The van der Waals surface area contributed by atoms with Crippen LogP contribution in [0.5, 0.6) is 0 Å². The molecule has 4 heterocycles. The van der Waals surface area contributed by atoms with Crippen molar-refractivity contribution in [2.75, 3.05) is 32.8 Å². The molecule has 8 nitrogen and oxygen atoms in total. The predicted octanol–water partition coefficient (Wildman–Crippen LogP) is 0.662. The summed E-state index contributed by atoms with van der Waals surface area (Å²) in [4.78, 5) is 31.9. The van der Waals surface area contributed by atoms with Crippen LogP contribution in [0.1, 0.15) is 37.9 Å². The van der Waals surface area contributed by atoms with Crippen molar-refractivity contribution in [2.45, 2.75) is 50.4 Å². The Kier molecular flexibility index (Phi) is 4.63. The standard InChI is InChI=1S/C20H28N4O4/c25-17(22-11-14-1-2-14)16-12-24-9-6-21-19(24)20(28-16)4-7-23(8-5-20)18(26)15-3-10-27-13-15/h6,9,14-16H,1-5,7-8,10-13H2,(H,22,25)/t15-,16+/m1/s1. The van der Waals surface area contributed by atoms with E-state index in [0.29, 0.717) is 51.6 Å². The number of carbonyl (C=O) groups is 2. The van der Waals surface area contributed by atoms with Gasteiger partial charge in [-0.25, -0.2) is 4.98 Å². The molecule has 1 aromatic rings. The summed E-state index contributed by atoms with van der Waals surface area (Å²) < 4.78 is 13.8. The van der Waals surface area contributed by atoms with Gasteiger partial charge in [0.1, 0.15) is 11.4 Å². The Labute approximate surface area is 164 Å². The quantitative estimate of drug-likeness (QED) is 0.819. The number of likely N-dealkylation sites (tertiary alicyclic amines) is 1. The fraction of sp³-hybridized carbons (Fsp3) is 0.750. The van der Waals surface area contributed by atoms with E-state index in [9.17, 15) is 9.59 Å². The maximum Gasteiger partial charge on any atom is 0.251 e. The molecule has 0 radical (unpaired) electrons. The lowest BCUT2D eigenvalue weighted by molar-refractivity contribution is -0.176. The van der Waals surface area contributed by atoms with Gasteiger partial charge in [0, 0.05) is 51.5 Å². The third-order valence-electron chi connectivity index (χ3n) is 6.57. The molecule has 0 aromatic carbocycles. The van der Waals surface area contributed by atoms with E-state index >= 15 is 0 Å². The number of nitrogens with zero attached hydrogens (tertiary/aromatic N) is 3. The molecule has 8 heteroatoms. The van der Waals surface area contributed by atoms with Gasteiger partial charge < -0.3 is 24.3 Å². The van der Waals surface area contributed by atoms with E-state index in [4.69, 9.17) is 9.47 Å². The Bertz CT molecular complexity index is 745. The third-order valence-corrected chi connectivity index (χ3v) is 6.57. The maximum absolute atomic E-state index is 12.7. The molecule has 2 saturated heterocycles. The summed E-state index contributed by atoms with van der Waals surface area (Å²) in [5, 5.41) is 3.05. The van der Waals surface area contributed by atoms with Crippen molar-refractivity contribution in [3.63, 3.8) is 0 Å². The van der Waals surface area contributed by atoms with Crippen molar-refractivity contribution in [2.24, 2.45) is 11.8 Å². The van der Waals surface area contributed by atoms with Crippen LogP contribution in [0, 0.1) is 11.8 Å². The van der Waals surface area contributed by atoms with Gasteiger partial charge in [0.15, 0.2) is 6.10 Å². The number of fused-ring (bicyclic) bond motifs is 2. The average Bonchev–Trinajstić information content (AvgIpc) is 3.17. The first-order valence-electron chi connectivity index (χ1n) is 10.5. The fourth-order valence-electron chi connectivity index (χ4n) is 4.63. The van der Waals surface area contributed by atoms with Crippen LogP contribution in [0.15, 0.2) is 12.4 Å². The monoisotopic (exact) mass is 388 g/mol. The van der Waals surface area contributed by atoms with Gasteiger partial charge in [-0.3, -0.25) is 9.59 Å². The lowest BCUT2D eigenvalue weighted by Crippen LogP contribution is -2.55. The topological polar surface area (TPSA) is 85.7 Å². The van der Waals surface area contributed by atoms with Crippen LogP contribution in [-0.4, -0.2) is 65.2 Å². The van der Waals surface area contributed by atoms with E-state index in [1.54, 1.807) is 6.20 Å². The largest absolute Gasteiger partial charge is 0.381 e. The number of amides is 2. The van der Waals surface area contributed by atoms with Crippen molar-refractivity contribution in [3.05, 3.63) is 18.2 Å². The SMILES string of the molecule is O=C(NCC1CC1)[C@@H]1Cn2ccnc2C2(CCN(C(=O)[C@@H]3CCOC3)CC2)O1. The second kappa shape index (κ2) is 7.15. The van der Waals surface area contributed by atoms with Crippen molar-refractivity contribution < 1.29 is 19.1 Å². The number of carbonyl (C=O) groups excluding carboxylic acids is 2. The van der Waals surface area contributed by atoms with Crippen LogP contribution in [0.4, 0.5) is 0 Å². The van der Waals surface area contributed by atoms with Crippen LogP contribution in [0.2, 0.25) is 0 Å². The number of rotatable bonds is 4. The molecule has 1 saturated carbocycles. The molecule has 2 amide bonds. The summed E-state index contributed by atoms with van der Waals surface area (Å²) in [7, 11) is 0. The second-order valence-corrected chi connectivity index (χ2v) is 8.58. The molecule has 2 atom stereocenters. The lowest BCUT2D eigenvalue weighted by Gasteiger charge is -2.45. The van der Waals surface area contributed by atoms with Crippen LogP contribution >= 0.6 is 0 Å². The smallest absolute Gasteiger partial charge is 0.251 e. The highest BCUT2D eigenvalue weighted by atomic mass is 16.5. The number of piperidine rings is 1. The molecule has 152 valence electrons. The number of hydrogen-bond donors (Lipinski definition) is 1. The zero-order valence-electron chi connectivity index (χ0n) is 16.1. The minimum absolute atomic E-state index is 0.00994. The minimum Gasteiger partial charge on any atom is -0.381 e. The van der Waals surface area contributed by atoms with E-state index in [2.05, 4.69) is 10.3 Å². The Morgan fingerprint density at radius 2 is 2.07 bits per heavy atom. The molecule has 1 aromatic heterocycles. The summed E-state index contributed by atoms with van der Waals surface area (Å²) in [5.74, 6) is 1.66. The summed E-state index contributed by atoms with van der Waals surface area (Å²) >= 11 is 0. The van der Waals surface area contributed by atoms with Gasteiger partial charge in [-0.2, -0.15) is 0 Å². The summed E-state index contributed by atoms with van der Waals surface area (Å²) in [6, 6.07) is 0. The molecule has 3 aliphatic heterocycles. The second-order valence-electron chi connectivity index (χ2n) is 8.58. The van der Waals surface area contributed by atoms with Crippen LogP contribution in [0.3, 0.4) is 0 Å². The molecule has 0 bridgehead atoms. The lowest BCUT2D eigenvalue weighted by atomic mass is 9.87. The highest BCUT2D eigenvalue weighted by Crippen LogP contribution is 2.40. The van der Waals surface area contributed by atoms with Crippen molar-refractivity contribution in [1.29, 1.82) is 0 Å². The first-order valence-corrected chi connectivity index (χ1v) is 10.5. The van der Waals surface area contributed by atoms with E-state index in [-0.39, 0.29) is 17.7 Å². The minimum atomic E-state index is -0.591. The van der Waals surface area contributed by atoms with Crippen molar-refractivity contribution >= 4 is 11.8 Å². The first kappa shape index (κ1) is 18.1. The Balaban J connectivity index is 1.28. The van der Waals surface area contributed by atoms with Gasteiger partial charge in [-0.15, -0.1) is 0 Å². The highest BCUT2D eigenvalue weighted by Gasteiger charge is 2.48. The van der Waals surface area contributed by atoms with Gasteiger partial charge in [0.05, 0.1) is 19.1 Å². The molecule has 5 rings (SSSR count). The number of nitrogens with one attached hydrogen (secondary N) is 1. The average molecular weight is 388 g/mol. The van der Waals surface area contributed by atoms with E-state index < -0.39 is 11.7 Å².